The fourth-order valence-corrected chi connectivity index (χ4v) is 6.60. The SMILES string of the molecule is c1ccc(-c2cc(-c3ccccc3)nc(-c3cccc(-c4nc5c6ccccc6c6ccccc6c5c5ccncc45)c3)n2)cc1. The van der Waals surface area contributed by atoms with Crippen molar-refractivity contribution < 1.29 is 0 Å². The van der Waals surface area contributed by atoms with Crippen molar-refractivity contribution in [1.29, 1.82) is 0 Å². The number of nitrogens with zero attached hydrogens (tertiary/aromatic N) is 4. The van der Waals surface area contributed by atoms with Gasteiger partial charge in [-0.15, -0.1) is 0 Å². The van der Waals surface area contributed by atoms with Crippen molar-refractivity contribution in [3.8, 4) is 45.2 Å². The number of hydrogen-bond donors (Lipinski definition) is 0. The van der Waals surface area contributed by atoms with Crippen LogP contribution in [-0.4, -0.2) is 19.9 Å². The van der Waals surface area contributed by atoms with Crippen LogP contribution in [0, 0.1) is 0 Å². The van der Waals surface area contributed by atoms with Crippen LogP contribution in [0.4, 0.5) is 0 Å². The first kappa shape index (κ1) is 26.2. The predicted octanol–water partition coefficient (Wildman–Crippen LogP) is 10.5. The van der Waals surface area contributed by atoms with Gasteiger partial charge in [0.15, 0.2) is 5.82 Å². The van der Waals surface area contributed by atoms with E-state index in [9.17, 15) is 0 Å². The number of fused-ring (bicyclic) bond motifs is 8. The van der Waals surface area contributed by atoms with Gasteiger partial charge in [0, 0.05) is 50.8 Å². The zero-order valence-electron chi connectivity index (χ0n) is 24.8. The monoisotopic (exact) mass is 586 g/mol. The Balaban J connectivity index is 1.30. The predicted molar refractivity (Wildman–Crippen MR) is 189 cm³/mol. The van der Waals surface area contributed by atoms with Gasteiger partial charge in [-0.05, 0) is 39.7 Å². The Kier molecular flexibility index (Phi) is 6.10. The Hall–Kier alpha value is -6.26. The van der Waals surface area contributed by atoms with Crippen LogP contribution in [0.2, 0.25) is 0 Å². The summed E-state index contributed by atoms with van der Waals surface area (Å²) >= 11 is 0. The summed E-state index contributed by atoms with van der Waals surface area (Å²) in [5.41, 5.74) is 7.65. The minimum Gasteiger partial charge on any atom is -0.264 e. The number of aromatic nitrogens is 4. The number of hydrogen-bond acceptors (Lipinski definition) is 4. The van der Waals surface area contributed by atoms with E-state index in [1.807, 2.05) is 48.8 Å². The molecule has 0 unspecified atom stereocenters. The van der Waals surface area contributed by atoms with Gasteiger partial charge in [0.05, 0.1) is 22.6 Å². The maximum absolute atomic E-state index is 5.44. The zero-order valence-corrected chi connectivity index (χ0v) is 24.8. The smallest absolute Gasteiger partial charge is 0.160 e. The molecule has 0 N–H and O–H groups in total. The van der Waals surface area contributed by atoms with E-state index in [2.05, 4.69) is 114 Å². The van der Waals surface area contributed by atoms with Crippen LogP contribution in [0.1, 0.15) is 0 Å². The Morgan fingerprint density at radius 2 is 0.913 bits per heavy atom. The maximum Gasteiger partial charge on any atom is 0.160 e. The zero-order chi connectivity index (χ0) is 30.5. The molecular formula is C42H26N4. The van der Waals surface area contributed by atoms with Crippen LogP contribution in [-0.2, 0) is 0 Å². The second-order valence-electron chi connectivity index (χ2n) is 11.5. The van der Waals surface area contributed by atoms with Crippen molar-refractivity contribution in [3.63, 3.8) is 0 Å². The minimum absolute atomic E-state index is 0.668. The molecule has 3 aromatic heterocycles. The van der Waals surface area contributed by atoms with Gasteiger partial charge in [-0.1, -0.05) is 127 Å². The molecule has 0 saturated carbocycles. The van der Waals surface area contributed by atoms with Gasteiger partial charge in [0.1, 0.15) is 0 Å². The van der Waals surface area contributed by atoms with Gasteiger partial charge >= 0.3 is 0 Å². The Morgan fingerprint density at radius 1 is 0.370 bits per heavy atom. The molecule has 0 radical (unpaired) electrons. The van der Waals surface area contributed by atoms with Crippen LogP contribution in [0.25, 0.3) is 88.4 Å². The third-order valence-corrected chi connectivity index (χ3v) is 8.73. The van der Waals surface area contributed by atoms with Gasteiger partial charge < -0.3 is 0 Å². The van der Waals surface area contributed by atoms with Crippen molar-refractivity contribution in [3.05, 3.63) is 158 Å². The molecule has 46 heavy (non-hydrogen) atoms. The van der Waals surface area contributed by atoms with E-state index in [0.29, 0.717) is 5.82 Å². The van der Waals surface area contributed by atoms with Gasteiger partial charge in [0.2, 0.25) is 0 Å². The highest BCUT2D eigenvalue weighted by molar-refractivity contribution is 6.31. The fraction of sp³-hybridized carbons (Fsp3) is 0. The van der Waals surface area contributed by atoms with E-state index in [4.69, 9.17) is 15.0 Å². The molecule has 9 rings (SSSR count). The number of benzene rings is 6. The van der Waals surface area contributed by atoms with E-state index in [1.165, 1.54) is 16.2 Å². The summed E-state index contributed by atoms with van der Waals surface area (Å²) < 4.78 is 0. The maximum atomic E-state index is 5.44. The highest BCUT2D eigenvalue weighted by Gasteiger charge is 2.18. The lowest BCUT2D eigenvalue weighted by molar-refractivity contribution is 1.18. The third-order valence-electron chi connectivity index (χ3n) is 8.73. The molecule has 6 aromatic carbocycles. The number of rotatable bonds is 4. The normalized spacial score (nSPS) is 11.5. The van der Waals surface area contributed by atoms with E-state index in [-0.39, 0.29) is 0 Å². The summed E-state index contributed by atoms with van der Waals surface area (Å²) in [6.45, 7) is 0. The molecule has 0 aliphatic heterocycles. The molecule has 0 bridgehead atoms. The standard InChI is InChI=1S/C42H26N4/c1-3-12-27(13-4-1)37-25-38(28-14-5-2-6-15-28)45-42(44-37)30-17-11-16-29(24-30)40-36-26-43-23-22-34(36)39-33-20-9-7-18-31(33)32-19-8-10-21-35(32)41(39)46-40/h1-26H. The second-order valence-corrected chi connectivity index (χ2v) is 11.5. The van der Waals surface area contributed by atoms with E-state index < -0.39 is 0 Å². The summed E-state index contributed by atoms with van der Waals surface area (Å²) in [5, 5.41) is 8.06. The van der Waals surface area contributed by atoms with Crippen molar-refractivity contribution in [2.45, 2.75) is 0 Å². The van der Waals surface area contributed by atoms with E-state index in [0.717, 1.165) is 66.4 Å². The average Bonchev–Trinajstić information content (AvgIpc) is 3.15. The minimum atomic E-state index is 0.668. The Labute approximate surface area is 265 Å². The lowest BCUT2D eigenvalue weighted by Gasteiger charge is -2.15. The van der Waals surface area contributed by atoms with Gasteiger partial charge in [-0.25, -0.2) is 15.0 Å². The topological polar surface area (TPSA) is 51.6 Å². The van der Waals surface area contributed by atoms with Crippen LogP contribution in [0.3, 0.4) is 0 Å². The first-order chi connectivity index (χ1) is 22.8. The summed E-state index contributed by atoms with van der Waals surface area (Å²) in [7, 11) is 0. The lowest BCUT2D eigenvalue weighted by atomic mass is 9.93. The second kappa shape index (κ2) is 10.7. The fourth-order valence-electron chi connectivity index (χ4n) is 6.60. The molecule has 0 amide bonds. The van der Waals surface area contributed by atoms with Crippen molar-refractivity contribution >= 4 is 43.2 Å². The quantitative estimate of drug-likeness (QED) is 0.193. The summed E-state index contributed by atoms with van der Waals surface area (Å²) in [5.74, 6) is 0.668. The largest absolute Gasteiger partial charge is 0.264 e. The summed E-state index contributed by atoms with van der Waals surface area (Å²) in [4.78, 5) is 20.1. The third kappa shape index (κ3) is 4.31. The highest BCUT2D eigenvalue weighted by atomic mass is 14.9. The van der Waals surface area contributed by atoms with Gasteiger partial charge in [0.25, 0.3) is 0 Å². The molecule has 4 heteroatoms. The average molecular weight is 587 g/mol. The van der Waals surface area contributed by atoms with Crippen LogP contribution >= 0.6 is 0 Å². The van der Waals surface area contributed by atoms with E-state index in [1.54, 1.807) is 0 Å². The molecule has 0 saturated heterocycles. The highest BCUT2D eigenvalue weighted by Crippen LogP contribution is 2.41. The molecule has 3 heterocycles. The van der Waals surface area contributed by atoms with Crippen molar-refractivity contribution in [2.75, 3.05) is 0 Å². The molecule has 0 aliphatic carbocycles. The van der Waals surface area contributed by atoms with Gasteiger partial charge in [-0.2, -0.15) is 0 Å². The molecule has 0 aliphatic rings. The van der Waals surface area contributed by atoms with Crippen molar-refractivity contribution in [2.24, 2.45) is 0 Å². The molecule has 0 atom stereocenters. The number of pyridine rings is 2. The molecular weight excluding hydrogens is 560 g/mol. The first-order valence-corrected chi connectivity index (χ1v) is 15.4. The molecule has 4 nitrogen and oxygen atoms in total. The van der Waals surface area contributed by atoms with E-state index >= 15 is 0 Å². The summed E-state index contributed by atoms with van der Waals surface area (Å²) in [6.07, 6.45) is 3.81. The molecule has 0 spiro atoms. The molecule has 214 valence electrons. The van der Waals surface area contributed by atoms with Crippen molar-refractivity contribution in [1.82, 2.24) is 19.9 Å². The molecule has 9 aromatic rings. The van der Waals surface area contributed by atoms with Crippen LogP contribution < -0.4 is 0 Å². The lowest BCUT2D eigenvalue weighted by Crippen LogP contribution is -1.97. The van der Waals surface area contributed by atoms with Crippen LogP contribution in [0.5, 0.6) is 0 Å². The van der Waals surface area contributed by atoms with Crippen LogP contribution in [0.15, 0.2) is 158 Å². The Bertz CT molecular complexity index is 2520. The molecule has 0 fully saturated rings. The van der Waals surface area contributed by atoms with Gasteiger partial charge in [-0.3, -0.25) is 4.98 Å². The summed E-state index contributed by atoms with van der Waals surface area (Å²) in [6, 6.07) is 50.3. The Morgan fingerprint density at radius 3 is 1.61 bits per heavy atom. The first-order valence-electron chi connectivity index (χ1n) is 15.4.